The molecule has 5 heteroatoms. The van der Waals surface area contributed by atoms with Crippen LogP contribution in [0.5, 0.6) is 0 Å². The molecule has 0 bridgehead atoms. The van der Waals surface area contributed by atoms with E-state index in [0.717, 1.165) is 37.9 Å². The number of nitrogens with zero attached hydrogens (tertiary/aromatic N) is 1. The van der Waals surface area contributed by atoms with Gasteiger partial charge in [0.05, 0.1) is 12.0 Å². The Kier molecular flexibility index (Phi) is 4.64. The standard InChI is InChI=1S/C18H22F3NO/c19-18(20,21)15-8-3-5-13(11-15)12-17(23)22-10-4-7-14-6-1-2-9-16(14)22/h3,5,8,11,14,16H,1-2,4,6-7,9-10,12H2. The van der Waals surface area contributed by atoms with Gasteiger partial charge in [-0.2, -0.15) is 13.2 Å². The first-order valence-corrected chi connectivity index (χ1v) is 8.41. The van der Waals surface area contributed by atoms with E-state index in [4.69, 9.17) is 0 Å². The van der Waals surface area contributed by atoms with E-state index in [9.17, 15) is 18.0 Å². The summed E-state index contributed by atoms with van der Waals surface area (Å²) in [4.78, 5) is 14.6. The lowest BCUT2D eigenvalue weighted by atomic mass is 9.78. The minimum atomic E-state index is -4.36. The second kappa shape index (κ2) is 6.54. The molecule has 2 atom stereocenters. The summed E-state index contributed by atoms with van der Waals surface area (Å²) in [5.74, 6) is 0.559. The Bertz CT molecular complexity index is 568. The number of amides is 1. The van der Waals surface area contributed by atoms with E-state index in [-0.39, 0.29) is 12.3 Å². The molecule has 1 aliphatic carbocycles. The minimum absolute atomic E-state index is 0.0269. The van der Waals surface area contributed by atoms with Crippen LogP contribution in [0.4, 0.5) is 13.2 Å². The van der Waals surface area contributed by atoms with E-state index in [0.29, 0.717) is 17.5 Å². The Morgan fingerprint density at radius 2 is 1.87 bits per heavy atom. The summed E-state index contributed by atoms with van der Waals surface area (Å²) in [5, 5.41) is 0. The van der Waals surface area contributed by atoms with E-state index in [1.165, 1.54) is 25.3 Å². The third-order valence-corrected chi connectivity index (χ3v) is 5.17. The third kappa shape index (κ3) is 3.70. The zero-order chi connectivity index (χ0) is 16.4. The van der Waals surface area contributed by atoms with Crippen LogP contribution in [0.25, 0.3) is 0 Å². The minimum Gasteiger partial charge on any atom is -0.339 e. The third-order valence-electron chi connectivity index (χ3n) is 5.17. The molecule has 1 amide bonds. The quantitative estimate of drug-likeness (QED) is 0.788. The van der Waals surface area contributed by atoms with Gasteiger partial charge in [-0.1, -0.05) is 31.0 Å². The monoisotopic (exact) mass is 325 g/mol. The van der Waals surface area contributed by atoms with E-state index in [1.807, 2.05) is 4.90 Å². The van der Waals surface area contributed by atoms with Gasteiger partial charge in [0, 0.05) is 12.6 Å². The molecule has 1 saturated carbocycles. The highest BCUT2D eigenvalue weighted by Crippen LogP contribution is 2.35. The highest BCUT2D eigenvalue weighted by atomic mass is 19.4. The van der Waals surface area contributed by atoms with Crippen LogP contribution in [-0.2, 0) is 17.4 Å². The molecular formula is C18H22F3NO. The number of carbonyl (C=O) groups excluding carboxylic acids is 1. The average molecular weight is 325 g/mol. The normalized spacial score (nSPS) is 25.1. The summed E-state index contributed by atoms with van der Waals surface area (Å²) in [6.07, 6.45) is 2.49. The van der Waals surface area contributed by atoms with Crippen molar-refractivity contribution in [1.29, 1.82) is 0 Å². The topological polar surface area (TPSA) is 20.3 Å². The van der Waals surface area contributed by atoms with Crippen molar-refractivity contribution in [3.8, 4) is 0 Å². The van der Waals surface area contributed by atoms with Gasteiger partial charge in [-0.25, -0.2) is 0 Å². The number of likely N-dealkylation sites (tertiary alicyclic amines) is 1. The number of alkyl halides is 3. The lowest BCUT2D eigenvalue weighted by molar-refractivity contribution is -0.138. The second-order valence-electron chi connectivity index (χ2n) is 6.72. The molecule has 3 rings (SSSR count). The fraction of sp³-hybridized carbons (Fsp3) is 0.611. The van der Waals surface area contributed by atoms with E-state index in [2.05, 4.69) is 0 Å². The van der Waals surface area contributed by atoms with Gasteiger partial charge in [0.1, 0.15) is 0 Å². The summed E-state index contributed by atoms with van der Waals surface area (Å²) < 4.78 is 38.4. The predicted octanol–water partition coefficient (Wildman–Crippen LogP) is 4.43. The van der Waals surface area contributed by atoms with Crippen LogP contribution < -0.4 is 0 Å². The molecule has 2 unspecified atom stereocenters. The molecular weight excluding hydrogens is 303 g/mol. The lowest BCUT2D eigenvalue weighted by Gasteiger charge is -2.44. The molecule has 1 aromatic rings. The van der Waals surface area contributed by atoms with Crippen LogP contribution in [0.3, 0.4) is 0 Å². The molecule has 1 aliphatic heterocycles. The van der Waals surface area contributed by atoms with Crippen molar-refractivity contribution in [2.24, 2.45) is 5.92 Å². The largest absolute Gasteiger partial charge is 0.416 e. The van der Waals surface area contributed by atoms with Crippen LogP contribution in [0, 0.1) is 5.92 Å². The predicted molar refractivity (Wildman–Crippen MR) is 81.8 cm³/mol. The molecule has 2 fully saturated rings. The fourth-order valence-electron chi connectivity index (χ4n) is 4.07. The second-order valence-corrected chi connectivity index (χ2v) is 6.72. The molecule has 1 aromatic carbocycles. The Labute approximate surface area is 134 Å². The molecule has 1 saturated heterocycles. The van der Waals surface area contributed by atoms with Crippen molar-refractivity contribution in [2.45, 2.75) is 57.2 Å². The smallest absolute Gasteiger partial charge is 0.339 e. The van der Waals surface area contributed by atoms with E-state index in [1.54, 1.807) is 6.07 Å². The Hall–Kier alpha value is -1.52. The molecule has 0 spiro atoms. The zero-order valence-corrected chi connectivity index (χ0v) is 13.1. The van der Waals surface area contributed by atoms with E-state index >= 15 is 0 Å². The van der Waals surface area contributed by atoms with Crippen molar-refractivity contribution < 1.29 is 18.0 Å². The lowest BCUT2D eigenvalue weighted by Crippen LogP contribution is -2.50. The summed E-state index contributed by atoms with van der Waals surface area (Å²) in [6.45, 7) is 0.749. The van der Waals surface area contributed by atoms with Crippen molar-refractivity contribution >= 4 is 5.91 Å². The number of rotatable bonds is 2. The van der Waals surface area contributed by atoms with Crippen molar-refractivity contribution in [3.05, 3.63) is 35.4 Å². The summed E-state index contributed by atoms with van der Waals surface area (Å²) in [6, 6.07) is 5.43. The Balaban J connectivity index is 1.71. The molecule has 0 N–H and O–H groups in total. The van der Waals surface area contributed by atoms with Gasteiger partial charge < -0.3 is 4.90 Å². The Morgan fingerprint density at radius 1 is 1.13 bits per heavy atom. The first-order valence-electron chi connectivity index (χ1n) is 8.41. The van der Waals surface area contributed by atoms with Gasteiger partial charge in [0.15, 0.2) is 0 Å². The summed E-state index contributed by atoms with van der Waals surface area (Å²) >= 11 is 0. The first-order chi connectivity index (χ1) is 10.9. The highest BCUT2D eigenvalue weighted by Gasteiger charge is 2.36. The molecule has 2 aliphatic rings. The van der Waals surface area contributed by atoms with Crippen LogP contribution in [0.2, 0.25) is 0 Å². The maximum absolute atomic E-state index is 12.8. The summed E-state index contributed by atoms with van der Waals surface area (Å²) in [5.41, 5.74) is -0.236. The van der Waals surface area contributed by atoms with Crippen molar-refractivity contribution in [3.63, 3.8) is 0 Å². The molecule has 2 nitrogen and oxygen atoms in total. The van der Waals surface area contributed by atoms with Gasteiger partial charge in [0.2, 0.25) is 5.91 Å². The number of carbonyl (C=O) groups is 1. The van der Waals surface area contributed by atoms with Crippen molar-refractivity contribution in [2.75, 3.05) is 6.54 Å². The number of benzene rings is 1. The number of fused-ring (bicyclic) bond motifs is 1. The first kappa shape index (κ1) is 16.3. The zero-order valence-electron chi connectivity index (χ0n) is 13.1. The number of hydrogen-bond acceptors (Lipinski definition) is 1. The van der Waals surface area contributed by atoms with Crippen LogP contribution in [-0.4, -0.2) is 23.4 Å². The SMILES string of the molecule is O=C(Cc1cccc(C(F)(F)F)c1)N1CCCC2CCCCC21. The van der Waals surface area contributed by atoms with Gasteiger partial charge in [-0.05, 0) is 43.2 Å². The number of piperidine rings is 1. The number of hydrogen-bond donors (Lipinski definition) is 0. The Morgan fingerprint density at radius 3 is 2.65 bits per heavy atom. The maximum Gasteiger partial charge on any atom is 0.416 e. The van der Waals surface area contributed by atoms with Gasteiger partial charge in [-0.3, -0.25) is 4.79 Å². The van der Waals surface area contributed by atoms with Crippen molar-refractivity contribution in [1.82, 2.24) is 4.90 Å². The van der Waals surface area contributed by atoms with Gasteiger partial charge in [-0.15, -0.1) is 0 Å². The number of halogens is 3. The molecule has 0 radical (unpaired) electrons. The molecule has 126 valence electrons. The van der Waals surface area contributed by atoms with Gasteiger partial charge in [0.25, 0.3) is 0 Å². The fourth-order valence-corrected chi connectivity index (χ4v) is 4.07. The average Bonchev–Trinajstić information content (AvgIpc) is 2.53. The molecule has 1 heterocycles. The van der Waals surface area contributed by atoms with Crippen LogP contribution in [0.1, 0.15) is 49.7 Å². The van der Waals surface area contributed by atoms with E-state index < -0.39 is 11.7 Å². The van der Waals surface area contributed by atoms with Gasteiger partial charge >= 0.3 is 6.18 Å². The highest BCUT2D eigenvalue weighted by molar-refractivity contribution is 5.79. The van der Waals surface area contributed by atoms with Crippen LogP contribution >= 0.6 is 0 Å². The summed E-state index contributed by atoms with van der Waals surface area (Å²) in [7, 11) is 0. The van der Waals surface area contributed by atoms with Crippen LogP contribution in [0.15, 0.2) is 24.3 Å². The molecule has 0 aromatic heterocycles. The maximum atomic E-state index is 12.8. The molecule has 23 heavy (non-hydrogen) atoms.